The van der Waals surface area contributed by atoms with Crippen molar-refractivity contribution in [1.29, 1.82) is 0 Å². The molecule has 0 atom stereocenters. The fourth-order valence-corrected chi connectivity index (χ4v) is 5.56. The molecule has 2 fully saturated rings. The van der Waals surface area contributed by atoms with Crippen LogP contribution in [0.25, 0.3) is 11.3 Å². The van der Waals surface area contributed by atoms with Crippen LogP contribution in [0.1, 0.15) is 36.8 Å². The number of rotatable bonds is 5. The summed E-state index contributed by atoms with van der Waals surface area (Å²) in [6.45, 7) is 3.57. The van der Waals surface area contributed by atoms with Gasteiger partial charge in [0.05, 0.1) is 35.0 Å². The molecule has 8 heteroatoms. The lowest BCUT2D eigenvalue weighted by Gasteiger charge is -2.38. The van der Waals surface area contributed by atoms with E-state index in [2.05, 4.69) is 27.1 Å². The van der Waals surface area contributed by atoms with Crippen LogP contribution in [0.5, 0.6) is 0 Å². The van der Waals surface area contributed by atoms with Crippen molar-refractivity contribution in [3.63, 3.8) is 0 Å². The Hall–Kier alpha value is -2.84. The number of sulfone groups is 1. The first-order valence-electron chi connectivity index (χ1n) is 11.0. The quantitative estimate of drug-likeness (QED) is 0.589. The van der Waals surface area contributed by atoms with E-state index in [9.17, 15) is 8.42 Å². The molecule has 0 radical (unpaired) electrons. The lowest BCUT2D eigenvalue weighted by molar-refractivity contribution is -0.0507. The molecule has 4 heterocycles. The number of fused-ring (bicyclic) bond motifs is 2. The largest absolute Gasteiger partial charge is 0.379 e. The first kappa shape index (κ1) is 19.8. The Morgan fingerprint density at radius 1 is 1.09 bits per heavy atom. The van der Waals surface area contributed by atoms with Gasteiger partial charge in [-0.05, 0) is 54.2 Å². The molecular formula is C24H24N4O3S. The maximum Gasteiger partial charge on any atom is 0.229 e. The summed E-state index contributed by atoms with van der Waals surface area (Å²) in [5.74, 6) is 1.29. The molecule has 1 aliphatic carbocycles. The van der Waals surface area contributed by atoms with Crippen LogP contribution in [0.2, 0.25) is 0 Å². The second kappa shape index (κ2) is 7.08. The number of ether oxygens (including phenoxy) is 1. The van der Waals surface area contributed by atoms with E-state index in [4.69, 9.17) is 4.74 Å². The first-order chi connectivity index (χ1) is 15.5. The molecule has 3 aliphatic rings. The van der Waals surface area contributed by atoms with Crippen LogP contribution in [0.15, 0.2) is 53.8 Å². The van der Waals surface area contributed by atoms with Gasteiger partial charge in [-0.2, -0.15) is 0 Å². The highest BCUT2D eigenvalue weighted by molar-refractivity contribution is 7.91. The summed E-state index contributed by atoms with van der Waals surface area (Å²) < 4.78 is 30.5. The van der Waals surface area contributed by atoms with Crippen molar-refractivity contribution >= 4 is 21.5 Å². The predicted octanol–water partition coefficient (Wildman–Crippen LogP) is 3.63. The highest BCUT2D eigenvalue weighted by atomic mass is 32.2. The Morgan fingerprint density at radius 3 is 2.53 bits per heavy atom. The molecule has 164 valence electrons. The standard InChI is InChI=1S/C24H24N4O3S/c1-2-32(29,30)19-5-6-20-22(10-19)28(13-24(20)14-31-15-24)23-26-11-18(12-27-23)21-9-17(7-8-25-21)16-3-4-16/h5-12,16H,2-4,13-15H2,1H3. The maximum atomic E-state index is 12.5. The lowest BCUT2D eigenvalue weighted by Crippen LogP contribution is -2.49. The molecule has 2 aromatic heterocycles. The zero-order valence-corrected chi connectivity index (χ0v) is 18.7. The molecule has 32 heavy (non-hydrogen) atoms. The average Bonchev–Trinajstić information content (AvgIpc) is 3.59. The smallest absolute Gasteiger partial charge is 0.229 e. The minimum atomic E-state index is -3.31. The van der Waals surface area contributed by atoms with Crippen molar-refractivity contribution in [3.05, 3.63) is 60.0 Å². The number of anilines is 2. The van der Waals surface area contributed by atoms with Crippen LogP contribution in [0.4, 0.5) is 11.6 Å². The van der Waals surface area contributed by atoms with Gasteiger partial charge in [-0.15, -0.1) is 0 Å². The third-order valence-electron chi connectivity index (χ3n) is 6.80. The minimum Gasteiger partial charge on any atom is -0.379 e. The van der Waals surface area contributed by atoms with E-state index in [0.717, 1.165) is 22.5 Å². The highest BCUT2D eigenvalue weighted by Gasteiger charge is 2.49. The van der Waals surface area contributed by atoms with Crippen molar-refractivity contribution in [3.8, 4) is 11.3 Å². The average molecular weight is 449 g/mol. The number of pyridine rings is 1. The molecule has 1 saturated heterocycles. The Bertz CT molecular complexity index is 1300. The van der Waals surface area contributed by atoms with Crippen LogP contribution in [0.3, 0.4) is 0 Å². The van der Waals surface area contributed by atoms with E-state index < -0.39 is 9.84 Å². The Kier molecular flexibility index (Phi) is 4.39. The summed E-state index contributed by atoms with van der Waals surface area (Å²) in [4.78, 5) is 16.1. The number of hydrogen-bond acceptors (Lipinski definition) is 7. The van der Waals surface area contributed by atoms with Crippen LogP contribution in [-0.4, -0.2) is 48.9 Å². The molecule has 7 nitrogen and oxygen atoms in total. The molecule has 0 N–H and O–H groups in total. The highest BCUT2D eigenvalue weighted by Crippen LogP contribution is 2.48. The van der Waals surface area contributed by atoms with Gasteiger partial charge in [0.15, 0.2) is 9.84 Å². The third-order valence-corrected chi connectivity index (χ3v) is 8.53. The normalized spacial score (nSPS) is 19.1. The summed E-state index contributed by atoms with van der Waals surface area (Å²) in [5, 5.41) is 0. The fourth-order valence-electron chi connectivity index (χ4n) is 4.66. The number of nitrogens with zero attached hydrogens (tertiary/aromatic N) is 4. The zero-order chi connectivity index (χ0) is 21.9. The summed E-state index contributed by atoms with van der Waals surface area (Å²) >= 11 is 0. The van der Waals surface area contributed by atoms with Gasteiger partial charge in [0.1, 0.15) is 0 Å². The van der Waals surface area contributed by atoms with Crippen LogP contribution in [0, 0.1) is 0 Å². The van der Waals surface area contributed by atoms with Crippen molar-refractivity contribution < 1.29 is 13.2 Å². The molecule has 1 spiro atoms. The molecular weight excluding hydrogens is 424 g/mol. The second-order valence-corrected chi connectivity index (χ2v) is 11.2. The van der Waals surface area contributed by atoms with Gasteiger partial charge >= 0.3 is 0 Å². The van der Waals surface area contributed by atoms with E-state index in [1.165, 1.54) is 18.4 Å². The summed E-state index contributed by atoms with van der Waals surface area (Å²) in [7, 11) is -3.31. The van der Waals surface area contributed by atoms with Gasteiger partial charge in [0.25, 0.3) is 0 Å². The maximum absolute atomic E-state index is 12.5. The van der Waals surface area contributed by atoms with E-state index in [1.807, 2.05) is 17.2 Å². The van der Waals surface area contributed by atoms with Crippen LogP contribution in [-0.2, 0) is 20.0 Å². The molecule has 0 amide bonds. The summed E-state index contributed by atoms with van der Waals surface area (Å²) in [6, 6.07) is 9.62. The van der Waals surface area contributed by atoms with Gasteiger partial charge in [0.2, 0.25) is 5.95 Å². The number of benzene rings is 1. The van der Waals surface area contributed by atoms with E-state index in [0.29, 0.717) is 36.5 Å². The predicted molar refractivity (Wildman–Crippen MR) is 121 cm³/mol. The molecule has 6 rings (SSSR count). The monoisotopic (exact) mass is 448 g/mol. The van der Waals surface area contributed by atoms with Gasteiger partial charge in [-0.3, -0.25) is 4.98 Å². The molecule has 0 bridgehead atoms. The Morgan fingerprint density at radius 2 is 1.88 bits per heavy atom. The summed E-state index contributed by atoms with van der Waals surface area (Å²) in [6.07, 6.45) is 7.94. The van der Waals surface area contributed by atoms with Gasteiger partial charge in [0, 0.05) is 36.4 Å². The topological polar surface area (TPSA) is 85.3 Å². The molecule has 1 saturated carbocycles. The fraction of sp³-hybridized carbons (Fsp3) is 0.375. The SMILES string of the molecule is CCS(=O)(=O)c1ccc2c(c1)N(c1ncc(-c3cc(C4CC4)ccn3)cn1)CC21COC1. The summed E-state index contributed by atoms with van der Waals surface area (Å²) in [5.41, 5.74) is 4.90. The molecule has 2 aliphatic heterocycles. The molecule has 3 aromatic rings. The van der Waals surface area contributed by atoms with Crippen molar-refractivity contribution in [2.24, 2.45) is 0 Å². The second-order valence-electron chi connectivity index (χ2n) is 8.96. The Balaban J connectivity index is 1.36. The first-order valence-corrected chi connectivity index (χ1v) is 12.7. The minimum absolute atomic E-state index is 0.0676. The number of aromatic nitrogens is 3. The van der Waals surface area contributed by atoms with Crippen molar-refractivity contribution in [2.45, 2.75) is 36.0 Å². The van der Waals surface area contributed by atoms with Crippen LogP contribution < -0.4 is 4.90 Å². The van der Waals surface area contributed by atoms with Gasteiger partial charge < -0.3 is 9.64 Å². The van der Waals surface area contributed by atoms with E-state index in [-0.39, 0.29) is 11.2 Å². The van der Waals surface area contributed by atoms with Crippen molar-refractivity contribution in [2.75, 3.05) is 30.4 Å². The lowest BCUT2D eigenvalue weighted by atomic mass is 9.81. The van der Waals surface area contributed by atoms with Crippen molar-refractivity contribution in [1.82, 2.24) is 15.0 Å². The van der Waals surface area contributed by atoms with Crippen LogP contribution >= 0.6 is 0 Å². The van der Waals surface area contributed by atoms with Gasteiger partial charge in [-0.25, -0.2) is 18.4 Å². The third kappa shape index (κ3) is 3.12. The Labute approximate surface area is 187 Å². The zero-order valence-electron chi connectivity index (χ0n) is 17.9. The van der Waals surface area contributed by atoms with Gasteiger partial charge in [-0.1, -0.05) is 13.0 Å². The van der Waals surface area contributed by atoms with E-state index in [1.54, 1.807) is 31.5 Å². The molecule has 1 aromatic carbocycles. The molecule has 0 unspecified atom stereocenters. The van der Waals surface area contributed by atoms with E-state index >= 15 is 0 Å². The number of hydrogen-bond donors (Lipinski definition) is 0.